The van der Waals surface area contributed by atoms with Gasteiger partial charge in [-0.2, -0.15) is 0 Å². The topological polar surface area (TPSA) is 38.5 Å². The number of likely N-dealkylation sites (N-methyl/N-ethyl adjacent to an activating group) is 1. The number of nitrogens with two attached hydrogens (primary N) is 1. The molecule has 1 saturated carbocycles. The highest BCUT2D eigenvalue weighted by atomic mass is 16.5. The molecule has 3 heteroatoms. The van der Waals surface area contributed by atoms with Gasteiger partial charge in [0.25, 0.3) is 0 Å². The monoisotopic (exact) mass is 284 g/mol. The number of ether oxygens (including phenoxy) is 1. The first-order chi connectivity index (χ1) is 9.43. The fourth-order valence-corrected chi connectivity index (χ4v) is 2.69. The highest BCUT2D eigenvalue weighted by Gasteiger charge is 2.23. The summed E-state index contributed by atoms with van der Waals surface area (Å²) in [5.41, 5.74) is 6.12. The van der Waals surface area contributed by atoms with Crippen molar-refractivity contribution in [3.05, 3.63) is 0 Å². The van der Waals surface area contributed by atoms with E-state index in [2.05, 4.69) is 32.7 Å². The summed E-state index contributed by atoms with van der Waals surface area (Å²) < 4.78 is 5.69. The van der Waals surface area contributed by atoms with Crippen molar-refractivity contribution in [2.45, 2.75) is 52.9 Å². The summed E-state index contributed by atoms with van der Waals surface area (Å²) in [6.07, 6.45) is 6.46. The van der Waals surface area contributed by atoms with Crippen LogP contribution in [0.4, 0.5) is 0 Å². The minimum absolute atomic E-state index is 0.380. The van der Waals surface area contributed by atoms with Crippen molar-refractivity contribution in [2.75, 3.05) is 39.9 Å². The molecule has 1 fully saturated rings. The standard InChI is InChI=1S/C17H36N2O/c1-17(2,3)16(9-10-18)6-5-11-19(4)12-13-20-14-15-7-8-15/h15-16H,5-14,18H2,1-4H3. The van der Waals surface area contributed by atoms with Crippen molar-refractivity contribution in [2.24, 2.45) is 23.0 Å². The minimum Gasteiger partial charge on any atom is -0.380 e. The Hall–Kier alpha value is -0.120. The molecule has 1 atom stereocenters. The lowest BCUT2D eigenvalue weighted by atomic mass is 9.76. The zero-order chi connectivity index (χ0) is 15.0. The lowest BCUT2D eigenvalue weighted by Gasteiger charge is -2.31. The van der Waals surface area contributed by atoms with Gasteiger partial charge in [-0.3, -0.25) is 0 Å². The second-order valence-electron chi connectivity index (χ2n) is 7.60. The molecule has 1 aliphatic carbocycles. The Balaban J connectivity index is 2.04. The van der Waals surface area contributed by atoms with Crippen LogP contribution < -0.4 is 5.73 Å². The summed E-state index contributed by atoms with van der Waals surface area (Å²) in [4.78, 5) is 2.40. The van der Waals surface area contributed by atoms with Gasteiger partial charge in [0, 0.05) is 13.2 Å². The smallest absolute Gasteiger partial charge is 0.0593 e. The molecule has 0 aliphatic heterocycles. The van der Waals surface area contributed by atoms with Crippen LogP contribution in [0.3, 0.4) is 0 Å². The first-order valence-electron chi connectivity index (χ1n) is 8.40. The first-order valence-corrected chi connectivity index (χ1v) is 8.40. The van der Waals surface area contributed by atoms with E-state index in [0.29, 0.717) is 5.41 Å². The number of nitrogens with zero attached hydrogens (tertiary/aromatic N) is 1. The van der Waals surface area contributed by atoms with Gasteiger partial charge in [-0.1, -0.05) is 20.8 Å². The summed E-state index contributed by atoms with van der Waals surface area (Å²) in [6, 6.07) is 0. The molecule has 120 valence electrons. The van der Waals surface area contributed by atoms with E-state index in [1.165, 1.54) is 32.2 Å². The lowest BCUT2D eigenvalue weighted by molar-refractivity contribution is 0.101. The summed E-state index contributed by atoms with van der Waals surface area (Å²) >= 11 is 0. The molecule has 1 aliphatic rings. The Morgan fingerprint density at radius 3 is 2.45 bits per heavy atom. The predicted octanol–water partition coefficient (Wildman–Crippen LogP) is 3.14. The third kappa shape index (κ3) is 8.23. The van der Waals surface area contributed by atoms with E-state index in [1.54, 1.807) is 0 Å². The molecule has 0 aromatic carbocycles. The van der Waals surface area contributed by atoms with Gasteiger partial charge >= 0.3 is 0 Å². The van der Waals surface area contributed by atoms with Crippen molar-refractivity contribution in [1.29, 1.82) is 0 Å². The molecule has 0 heterocycles. The van der Waals surface area contributed by atoms with Crippen molar-refractivity contribution in [3.8, 4) is 0 Å². The van der Waals surface area contributed by atoms with E-state index >= 15 is 0 Å². The van der Waals surface area contributed by atoms with Crippen LogP contribution in [-0.2, 0) is 4.74 Å². The average Bonchev–Trinajstić information content (AvgIpc) is 3.16. The Labute approximate surface area is 126 Å². The van der Waals surface area contributed by atoms with Crippen LogP contribution >= 0.6 is 0 Å². The lowest BCUT2D eigenvalue weighted by Crippen LogP contribution is -2.27. The van der Waals surface area contributed by atoms with Gasteiger partial charge in [0.1, 0.15) is 0 Å². The van der Waals surface area contributed by atoms with Crippen molar-refractivity contribution in [3.63, 3.8) is 0 Å². The first kappa shape index (κ1) is 17.9. The molecule has 1 unspecified atom stereocenters. The Morgan fingerprint density at radius 1 is 1.20 bits per heavy atom. The second kappa shape index (κ2) is 9.01. The highest BCUT2D eigenvalue weighted by molar-refractivity contribution is 4.75. The molecule has 0 bridgehead atoms. The van der Waals surface area contributed by atoms with E-state index in [4.69, 9.17) is 10.5 Å². The third-order valence-electron chi connectivity index (χ3n) is 4.50. The van der Waals surface area contributed by atoms with Crippen LogP contribution in [0, 0.1) is 17.3 Å². The zero-order valence-electron chi connectivity index (χ0n) is 14.2. The normalized spacial score (nSPS) is 17.7. The van der Waals surface area contributed by atoms with Crippen LogP contribution in [0.25, 0.3) is 0 Å². The van der Waals surface area contributed by atoms with E-state index in [9.17, 15) is 0 Å². The fourth-order valence-electron chi connectivity index (χ4n) is 2.69. The van der Waals surface area contributed by atoms with Gasteiger partial charge in [0.2, 0.25) is 0 Å². The minimum atomic E-state index is 0.380. The molecule has 0 aromatic rings. The average molecular weight is 284 g/mol. The quantitative estimate of drug-likeness (QED) is 0.592. The van der Waals surface area contributed by atoms with Crippen LogP contribution in [0.5, 0.6) is 0 Å². The van der Waals surface area contributed by atoms with Gasteiger partial charge in [0.05, 0.1) is 6.61 Å². The van der Waals surface area contributed by atoms with Crippen LogP contribution in [-0.4, -0.2) is 44.8 Å². The molecule has 1 rings (SSSR count). The zero-order valence-corrected chi connectivity index (χ0v) is 14.2. The maximum atomic E-state index is 5.74. The summed E-state index contributed by atoms with van der Waals surface area (Å²) in [5, 5.41) is 0. The molecule has 2 N–H and O–H groups in total. The largest absolute Gasteiger partial charge is 0.380 e. The van der Waals surface area contributed by atoms with E-state index < -0.39 is 0 Å². The maximum Gasteiger partial charge on any atom is 0.0593 e. The molecule has 0 saturated heterocycles. The molecule has 0 amide bonds. The molecule has 0 spiro atoms. The molecular formula is C17H36N2O. The summed E-state index contributed by atoms with van der Waals surface area (Å²) in [7, 11) is 2.20. The SMILES string of the molecule is CN(CCCC(CCN)C(C)(C)C)CCOCC1CC1. The van der Waals surface area contributed by atoms with E-state index in [1.807, 2.05) is 0 Å². The van der Waals surface area contributed by atoms with Crippen LogP contribution in [0.2, 0.25) is 0 Å². The van der Waals surface area contributed by atoms with Gasteiger partial charge < -0.3 is 15.4 Å². The van der Waals surface area contributed by atoms with Crippen molar-refractivity contribution in [1.82, 2.24) is 4.90 Å². The van der Waals surface area contributed by atoms with Gasteiger partial charge in [0.15, 0.2) is 0 Å². The Kier molecular flexibility index (Phi) is 8.08. The summed E-state index contributed by atoms with van der Waals surface area (Å²) in [5.74, 6) is 1.62. The molecule has 0 aromatic heterocycles. The fraction of sp³-hybridized carbons (Fsp3) is 1.00. The molecule has 20 heavy (non-hydrogen) atoms. The van der Waals surface area contributed by atoms with E-state index in [-0.39, 0.29) is 0 Å². The van der Waals surface area contributed by atoms with Gasteiger partial charge in [-0.15, -0.1) is 0 Å². The Bertz CT molecular complexity index is 246. The highest BCUT2D eigenvalue weighted by Crippen LogP contribution is 2.32. The predicted molar refractivity (Wildman–Crippen MR) is 86.9 cm³/mol. The van der Waals surface area contributed by atoms with Gasteiger partial charge in [-0.05, 0) is 69.5 Å². The molecule has 3 nitrogen and oxygen atoms in total. The Morgan fingerprint density at radius 2 is 1.90 bits per heavy atom. The second-order valence-corrected chi connectivity index (χ2v) is 7.60. The van der Waals surface area contributed by atoms with Crippen LogP contribution in [0.1, 0.15) is 52.9 Å². The third-order valence-corrected chi connectivity index (χ3v) is 4.50. The number of rotatable bonds is 11. The molecular weight excluding hydrogens is 248 g/mol. The van der Waals surface area contributed by atoms with E-state index in [0.717, 1.165) is 44.6 Å². The number of hydrogen-bond acceptors (Lipinski definition) is 3. The number of hydrogen-bond donors (Lipinski definition) is 1. The van der Waals surface area contributed by atoms with Crippen molar-refractivity contribution < 1.29 is 4.74 Å². The summed E-state index contributed by atoms with van der Waals surface area (Å²) in [6.45, 7) is 11.9. The van der Waals surface area contributed by atoms with Crippen LogP contribution in [0.15, 0.2) is 0 Å². The van der Waals surface area contributed by atoms with Gasteiger partial charge in [-0.25, -0.2) is 0 Å². The van der Waals surface area contributed by atoms with Crippen molar-refractivity contribution >= 4 is 0 Å². The molecule has 0 radical (unpaired) electrons. The maximum absolute atomic E-state index is 5.74.